The maximum Gasteiger partial charge on any atom is 0.334 e. The number of halogens is 1. The number of hydrogen-bond donors (Lipinski definition) is 1. The quantitative estimate of drug-likeness (QED) is 0.633. The Morgan fingerprint density at radius 2 is 2.06 bits per heavy atom. The predicted molar refractivity (Wildman–Crippen MR) is 64.5 cm³/mol. The van der Waals surface area contributed by atoms with E-state index in [1.54, 1.807) is 6.92 Å². The van der Waals surface area contributed by atoms with Crippen molar-refractivity contribution in [2.75, 3.05) is 18.5 Å². The van der Waals surface area contributed by atoms with Gasteiger partial charge in [-0.2, -0.15) is 8.42 Å². The van der Waals surface area contributed by atoms with E-state index in [0.29, 0.717) is 6.61 Å². The lowest BCUT2D eigenvalue weighted by atomic mass is 10.3. The summed E-state index contributed by atoms with van der Waals surface area (Å²) in [4.78, 5) is 10.9. The van der Waals surface area contributed by atoms with E-state index in [9.17, 15) is 17.1 Å². The molecule has 1 aromatic rings. The van der Waals surface area contributed by atoms with Crippen molar-refractivity contribution in [3.8, 4) is 0 Å². The highest BCUT2D eigenvalue weighted by Gasteiger charge is 2.17. The molecule has 18 heavy (non-hydrogen) atoms. The zero-order valence-electron chi connectivity index (χ0n) is 9.85. The Labute approximate surface area is 105 Å². The third-order valence-corrected chi connectivity index (χ3v) is 2.98. The van der Waals surface area contributed by atoms with E-state index in [4.69, 9.17) is 4.74 Å². The summed E-state index contributed by atoms with van der Waals surface area (Å²) in [6.07, 6.45) is 0.0779. The fraction of sp³-hybridized carbons (Fsp3) is 0.364. The first kappa shape index (κ1) is 14.6. The van der Waals surface area contributed by atoms with Gasteiger partial charge in [0.15, 0.2) is 0 Å². The van der Waals surface area contributed by atoms with Gasteiger partial charge in [-0.05, 0) is 19.1 Å². The highest BCUT2D eigenvalue weighted by atomic mass is 32.3. The predicted octanol–water partition coefficient (Wildman–Crippen LogP) is 1.71. The molecule has 0 radical (unpaired) electrons. The van der Waals surface area contributed by atoms with Gasteiger partial charge in [-0.1, -0.05) is 12.1 Å². The summed E-state index contributed by atoms with van der Waals surface area (Å²) >= 11 is 0. The molecule has 0 aliphatic rings. The van der Waals surface area contributed by atoms with Crippen LogP contribution in [0.2, 0.25) is 0 Å². The monoisotopic (exact) mass is 275 g/mol. The number of benzene rings is 1. The van der Waals surface area contributed by atoms with Gasteiger partial charge in [-0.25, -0.2) is 0 Å². The molecule has 100 valence electrons. The van der Waals surface area contributed by atoms with Crippen molar-refractivity contribution in [1.82, 2.24) is 0 Å². The molecule has 0 unspecified atom stereocenters. The van der Waals surface area contributed by atoms with Gasteiger partial charge in [0.05, 0.1) is 18.7 Å². The van der Waals surface area contributed by atoms with Crippen LogP contribution in [-0.2, 0) is 19.8 Å². The zero-order chi connectivity index (χ0) is 13.6. The highest BCUT2D eigenvalue weighted by Crippen LogP contribution is 2.22. The van der Waals surface area contributed by atoms with E-state index in [2.05, 4.69) is 5.32 Å². The summed E-state index contributed by atoms with van der Waals surface area (Å²) in [5.74, 6) is -0.431. The topological polar surface area (TPSA) is 72.5 Å². The average molecular weight is 275 g/mol. The maximum atomic E-state index is 12.9. The molecule has 5 nitrogen and oxygen atoms in total. The molecule has 0 aromatic heterocycles. The molecule has 0 heterocycles. The van der Waals surface area contributed by atoms with Gasteiger partial charge in [-0.15, -0.1) is 3.89 Å². The molecule has 0 saturated carbocycles. The second-order valence-electron chi connectivity index (χ2n) is 3.43. The van der Waals surface area contributed by atoms with E-state index in [1.807, 2.05) is 0 Å². The second kappa shape index (κ2) is 6.46. The number of hydrogen-bond acceptors (Lipinski definition) is 4. The summed E-state index contributed by atoms with van der Waals surface area (Å²) in [6, 6.07) is 5.30. The Kier molecular flexibility index (Phi) is 5.24. The van der Waals surface area contributed by atoms with Gasteiger partial charge in [0.2, 0.25) is 5.91 Å². The first-order valence-electron chi connectivity index (χ1n) is 5.36. The highest BCUT2D eigenvalue weighted by molar-refractivity contribution is 7.86. The van der Waals surface area contributed by atoms with Crippen molar-refractivity contribution in [1.29, 1.82) is 0 Å². The van der Waals surface area contributed by atoms with E-state index in [1.165, 1.54) is 18.2 Å². The number of amides is 1. The summed E-state index contributed by atoms with van der Waals surface area (Å²) < 4.78 is 39.6. The Bertz CT molecular complexity index is 516. The summed E-state index contributed by atoms with van der Waals surface area (Å²) in [7, 11) is -4.85. The van der Waals surface area contributed by atoms with Crippen LogP contribution in [0.4, 0.5) is 9.57 Å². The number of ether oxygens (including phenoxy) is 1. The molecule has 0 fully saturated rings. The third kappa shape index (κ3) is 4.42. The summed E-state index contributed by atoms with van der Waals surface area (Å²) in [5, 5.41) is 2.34. The Morgan fingerprint density at radius 3 is 2.67 bits per heavy atom. The van der Waals surface area contributed by atoms with Crippen LogP contribution in [0, 0.1) is 0 Å². The van der Waals surface area contributed by atoms with Crippen LogP contribution in [0.25, 0.3) is 0 Å². The number of carbonyl (C=O) groups excluding carboxylic acids is 1. The van der Waals surface area contributed by atoms with Gasteiger partial charge in [0, 0.05) is 6.61 Å². The van der Waals surface area contributed by atoms with Gasteiger partial charge in [0.25, 0.3) is 0 Å². The zero-order valence-corrected chi connectivity index (χ0v) is 10.7. The van der Waals surface area contributed by atoms with E-state index in [0.717, 1.165) is 6.07 Å². The fourth-order valence-electron chi connectivity index (χ4n) is 1.30. The lowest BCUT2D eigenvalue weighted by Crippen LogP contribution is -2.15. The normalized spacial score (nSPS) is 11.2. The molecular formula is C11H14FNO4S. The first-order chi connectivity index (χ1) is 8.45. The average Bonchev–Trinajstić information content (AvgIpc) is 2.28. The maximum absolute atomic E-state index is 12.9. The first-order valence-corrected chi connectivity index (χ1v) is 6.74. The molecule has 0 aliphatic heterocycles. The van der Waals surface area contributed by atoms with E-state index >= 15 is 0 Å². The van der Waals surface area contributed by atoms with Crippen LogP contribution < -0.4 is 5.32 Å². The number of para-hydroxylation sites is 1. The van der Waals surface area contributed by atoms with Gasteiger partial charge in [-0.3, -0.25) is 4.79 Å². The third-order valence-electron chi connectivity index (χ3n) is 2.10. The SMILES string of the molecule is CCOCCC(=O)Nc1ccccc1S(=O)(=O)F. The van der Waals surface area contributed by atoms with Crippen LogP contribution in [-0.4, -0.2) is 27.5 Å². The van der Waals surface area contributed by atoms with E-state index < -0.39 is 21.0 Å². The van der Waals surface area contributed by atoms with Crippen LogP contribution in [0.3, 0.4) is 0 Å². The van der Waals surface area contributed by atoms with Crippen LogP contribution >= 0.6 is 0 Å². The molecule has 1 aromatic carbocycles. The van der Waals surface area contributed by atoms with Crippen molar-refractivity contribution < 1.29 is 21.8 Å². The Morgan fingerprint density at radius 1 is 1.39 bits per heavy atom. The molecule has 7 heteroatoms. The van der Waals surface area contributed by atoms with Gasteiger partial charge < -0.3 is 10.1 Å². The van der Waals surface area contributed by atoms with Crippen molar-refractivity contribution in [2.45, 2.75) is 18.2 Å². The minimum atomic E-state index is -4.85. The lowest BCUT2D eigenvalue weighted by molar-refractivity contribution is -0.117. The molecule has 1 N–H and O–H groups in total. The molecule has 1 amide bonds. The smallest absolute Gasteiger partial charge is 0.334 e. The number of carbonyl (C=O) groups is 1. The number of nitrogens with one attached hydrogen (secondary N) is 1. The fourth-order valence-corrected chi connectivity index (χ4v) is 1.93. The van der Waals surface area contributed by atoms with Crippen molar-refractivity contribution in [3.63, 3.8) is 0 Å². The number of rotatable bonds is 6. The van der Waals surface area contributed by atoms with Crippen molar-refractivity contribution in [2.24, 2.45) is 0 Å². The molecule has 0 atom stereocenters. The lowest BCUT2D eigenvalue weighted by Gasteiger charge is -2.08. The summed E-state index contributed by atoms with van der Waals surface area (Å²) in [5.41, 5.74) is -0.0681. The molecule has 0 aliphatic carbocycles. The van der Waals surface area contributed by atoms with Crippen molar-refractivity contribution in [3.05, 3.63) is 24.3 Å². The van der Waals surface area contributed by atoms with Gasteiger partial charge in [0.1, 0.15) is 4.90 Å². The Hall–Kier alpha value is -1.47. The second-order valence-corrected chi connectivity index (χ2v) is 4.74. The minimum Gasteiger partial charge on any atom is -0.381 e. The van der Waals surface area contributed by atoms with Gasteiger partial charge >= 0.3 is 10.2 Å². The van der Waals surface area contributed by atoms with Crippen LogP contribution in [0.15, 0.2) is 29.2 Å². The standard InChI is InChI=1S/C11H14FNO4S/c1-2-17-8-7-11(14)13-9-5-3-4-6-10(9)18(12,15)16/h3-6H,2,7-8H2,1H3,(H,13,14). The van der Waals surface area contributed by atoms with Crippen LogP contribution in [0.1, 0.15) is 13.3 Å². The Balaban J connectivity index is 2.76. The minimum absolute atomic E-state index is 0.0681. The largest absolute Gasteiger partial charge is 0.381 e. The summed E-state index contributed by atoms with van der Waals surface area (Å²) in [6.45, 7) is 2.51. The molecule has 0 spiro atoms. The van der Waals surface area contributed by atoms with Crippen LogP contribution in [0.5, 0.6) is 0 Å². The molecular weight excluding hydrogens is 261 g/mol. The molecule has 1 rings (SSSR count). The number of anilines is 1. The van der Waals surface area contributed by atoms with E-state index in [-0.39, 0.29) is 18.7 Å². The molecule has 0 saturated heterocycles. The van der Waals surface area contributed by atoms with Crippen molar-refractivity contribution >= 4 is 21.8 Å². The molecule has 0 bridgehead atoms.